The molecule has 1 aromatic carbocycles. The van der Waals surface area contributed by atoms with Crippen molar-refractivity contribution in [1.29, 1.82) is 0 Å². The zero-order chi connectivity index (χ0) is 17.7. The quantitative estimate of drug-likeness (QED) is 0.755. The summed E-state index contributed by atoms with van der Waals surface area (Å²) in [5, 5.41) is 5.35. The van der Waals surface area contributed by atoms with E-state index in [2.05, 4.69) is 15.0 Å². The van der Waals surface area contributed by atoms with Gasteiger partial charge in [0.2, 0.25) is 10.0 Å². The van der Waals surface area contributed by atoms with Crippen LogP contribution in [0.4, 0.5) is 0 Å². The van der Waals surface area contributed by atoms with Crippen molar-refractivity contribution in [2.45, 2.75) is 17.9 Å². The minimum absolute atomic E-state index is 0.0771. The maximum atomic E-state index is 12.4. The number of aromatic nitrogens is 1. The fourth-order valence-electron chi connectivity index (χ4n) is 2.46. The molecule has 0 radical (unpaired) electrons. The number of nitrogens with zero attached hydrogens (tertiary/aromatic N) is 1. The zero-order valence-electron chi connectivity index (χ0n) is 13.5. The molecule has 1 atom stereocenters. The van der Waals surface area contributed by atoms with Crippen LogP contribution < -0.4 is 10.0 Å². The maximum Gasteiger partial charge on any atom is 0.251 e. The predicted molar refractivity (Wildman–Crippen MR) is 93.8 cm³/mol. The molecule has 1 aliphatic heterocycles. The van der Waals surface area contributed by atoms with Crippen molar-refractivity contribution in [3.8, 4) is 0 Å². The van der Waals surface area contributed by atoms with Gasteiger partial charge in [0, 0.05) is 30.3 Å². The molecule has 2 heterocycles. The highest BCUT2D eigenvalue weighted by molar-refractivity contribution is 7.89. The number of hydrogen-bond acceptors (Lipinski definition) is 6. The van der Waals surface area contributed by atoms with Gasteiger partial charge in [-0.1, -0.05) is 6.07 Å². The Bertz CT molecular complexity index is 816. The van der Waals surface area contributed by atoms with E-state index in [4.69, 9.17) is 4.74 Å². The van der Waals surface area contributed by atoms with Crippen molar-refractivity contribution >= 4 is 27.3 Å². The third-order valence-electron chi connectivity index (χ3n) is 3.88. The highest BCUT2D eigenvalue weighted by Crippen LogP contribution is 2.15. The van der Waals surface area contributed by atoms with Gasteiger partial charge in [-0.3, -0.25) is 4.79 Å². The molecule has 7 nitrogen and oxygen atoms in total. The van der Waals surface area contributed by atoms with Gasteiger partial charge in [-0.25, -0.2) is 18.1 Å². The Morgan fingerprint density at radius 2 is 2.28 bits per heavy atom. The molecule has 1 amide bonds. The van der Waals surface area contributed by atoms with E-state index in [1.807, 2.05) is 5.38 Å². The molecule has 134 valence electrons. The maximum absolute atomic E-state index is 12.4. The molecule has 0 unspecified atom stereocenters. The number of carbonyl (C=O) groups is 1. The van der Waals surface area contributed by atoms with E-state index in [1.54, 1.807) is 18.3 Å². The Hall–Kier alpha value is -1.81. The molecule has 0 bridgehead atoms. The fourth-order valence-corrected chi connectivity index (χ4v) is 4.18. The first-order chi connectivity index (χ1) is 12.0. The molecule has 2 aromatic rings. The number of ether oxygens (including phenoxy) is 1. The highest BCUT2D eigenvalue weighted by Gasteiger charge is 2.21. The Labute approximate surface area is 150 Å². The molecule has 0 spiro atoms. The Morgan fingerprint density at radius 3 is 3.00 bits per heavy atom. The molecular weight excluding hydrogens is 362 g/mol. The number of carbonyl (C=O) groups excluding carboxylic acids is 1. The summed E-state index contributed by atoms with van der Waals surface area (Å²) in [6, 6.07) is 6.00. The van der Waals surface area contributed by atoms with Crippen molar-refractivity contribution in [2.75, 3.05) is 19.8 Å². The minimum atomic E-state index is -3.66. The van der Waals surface area contributed by atoms with Gasteiger partial charge in [0.25, 0.3) is 5.91 Å². The lowest BCUT2D eigenvalue weighted by atomic mass is 10.1. The predicted octanol–water partition coefficient (Wildman–Crippen LogP) is 1.39. The number of benzene rings is 1. The highest BCUT2D eigenvalue weighted by atomic mass is 32.2. The van der Waals surface area contributed by atoms with Crippen LogP contribution in [0, 0.1) is 5.92 Å². The number of rotatable bonds is 7. The Kier molecular flexibility index (Phi) is 5.79. The van der Waals surface area contributed by atoms with Crippen LogP contribution >= 0.6 is 11.3 Å². The summed E-state index contributed by atoms with van der Waals surface area (Å²) in [6.45, 7) is 1.89. The molecule has 9 heteroatoms. The third-order valence-corrected chi connectivity index (χ3v) is 6.08. The van der Waals surface area contributed by atoms with Crippen LogP contribution in [0.3, 0.4) is 0 Å². The average molecular weight is 381 g/mol. The van der Waals surface area contributed by atoms with Crippen molar-refractivity contribution in [1.82, 2.24) is 15.0 Å². The lowest BCUT2D eigenvalue weighted by Gasteiger charge is -2.11. The summed E-state index contributed by atoms with van der Waals surface area (Å²) in [6.07, 6.45) is 2.52. The molecule has 1 aromatic heterocycles. The van der Waals surface area contributed by atoms with E-state index in [0.29, 0.717) is 31.9 Å². The molecule has 1 fully saturated rings. The lowest BCUT2D eigenvalue weighted by molar-refractivity contribution is 0.0950. The summed E-state index contributed by atoms with van der Waals surface area (Å²) >= 11 is 1.44. The van der Waals surface area contributed by atoms with Crippen LogP contribution in [-0.4, -0.2) is 39.1 Å². The van der Waals surface area contributed by atoms with Gasteiger partial charge >= 0.3 is 0 Å². The van der Waals surface area contributed by atoms with E-state index in [0.717, 1.165) is 11.4 Å². The van der Waals surface area contributed by atoms with Gasteiger partial charge in [0.1, 0.15) is 5.01 Å². The standard InChI is InChI=1S/C16H19N3O4S2/c20-16(18-10-15-17-5-7-24-15)13-2-1-3-14(8-13)25(21,22)19-9-12-4-6-23-11-12/h1-3,5,7-8,12,19H,4,6,9-11H2,(H,18,20)/t12-/m0/s1. The molecule has 0 saturated carbocycles. The second kappa shape index (κ2) is 8.05. The van der Waals surface area contributed by atoms with Crippen LogP contribution in [0.2, 0.25) is 0 Å². The van der Waals surface area contributed by atoms with Crippen LogP contribution in [0.15, 0.2) is 40.7 Å². The monoisotopic (exact) mass is 381 g/mol. The molecular formula is C16H19N3O4S2. The van der Waals surface area contributed by atoms with E-state index in [-0.39, 0.29) is 16.7 Å². The molecule has 1 saturated heterocycles. The number of nitrogens with one attached hydrogen (secondary N) is 2. The van der Waals surface area contributed by atoms with E-state index in [9.17, 15) is 13.2 Å². The Morgan fingerprint density at radius 1 is 1.40 bits per heavy atom. The lowest BCUT2D eigenvalue weighted by Crippen LogP contribution is -2.30. The largest absolute Gasteiger partial charge is 0.381 e. The number of hydrogen-bond donors (Lipinski definition) is 2. The molecule has 1 aliphatic rings. The summed E-state index contributed by atoms with van der Waals surface area (Å²) in [5.74, 6) is -0.143. The molecule has 3 rings (SSSR count). The number of thiazole rings is 1. The first-order valence-corrected chi connectivity index (χ1v) is 10.2. The van der Waals surface area contributed by atoms with Gasteiger partial charge in [-0.15, -0.1) is 11.3 Å². The van der Waals surface area contributed by atoms with Gasteiger partial charge in [0.05, 0.1) is 18.0 Å². The van der Waals surface area contributed by atoms with Crippen molar-refractivity contribution in [3.05, 3.63) is 46.4 Å². The third kappa shape index (κ3) is 4.85. The van der Waals surface area contributed by atoms with Crippen molar-refractivity contribution in [3.63, 3.8) is 0 Å². The average Bonchev–Trinajstić information content (AvgIpc) is 3.31. The van der Waals surface area contributed by atoms with E-state index < -0.39 is 10.0 Å². The molecule has 0 aliphatic carbocycles. The minimum Gasteiger partial charge on any atom is -0.381 e. The number of sulfonamides is 1. The van der Waals surface area contributed by atoms with Crippen molar-refractivity contribution < 1.29 is 17.9 Å². The normalized spacial score (nSPS) is 17.5. The summed E-state index contributed by atoms with van der Waals surface area (Å²) in [4.78, 5) is 16.4. The SMILES string of the molecule is O=C(NCc1nccs1)c1cccc(S(=O)(=O)NC[C@@H]2CCOC2)c1. The van der Waals surface area contributed by atoms with E-state index >= 15 is 0 Å². The Balaban J connectivity index is 1.64. The van der Waals surface area contributed by atoms with Gasteiger partial charge in [-0.2, -0.15) is 0 Å². The zero-order valence-corrected chi connectivity index (χ0v) is 15.1. The smallest absolute Gasteiger partial charge is 0.251 e. The number of amides is 1. The summed E-state index contributed by atoms with van der Waals surface area (Å²) in [5.41, 5.74) is 0.295. The summed E-state index contributed by atoms with van der Waals surface area (Å²) in [7, 11) is -3.66. The second-order valence-electron chi connectivity index (χ2n) is 5.72. The first kappa shape index (κ1) is 18.0. The van der Waals surface area contributed by atoms with Crippen molar-refractivity contribution in [2.24, 2.45) is 5.92 Å². The van der Waals surface area contributed by atoms with Gasteiger partial charge in [0.15, 0.2) is 0 Å². The van der Waals surface area contributed by atoms with Crippen LogP contribution in [-0.2, 0) is 21.3 Å². The second-order valence-corrected chi connectivity index (χ2v) is 8.46. The first-order valence-electron chi connectivity index (χ1n) is 7.88. The van der Waals surface area contributed by atoms with Crippen LogP contribution in [0.5, 0.6) is 0 Å². The topological polar surface area (TPSA) is 97.4 Å². The van der Waals surface area contributed by atoms with Gasteiger partial charge < -0.3 is 10.1 Å². The summed E-state index contributed by atoms with van der Waals surface area (Å²) < 4.78 is 32.7. The molecule has 2 N–H and O–H groups in total. The van der Waals surface area contributed by atoms with Crippen LogP contribution in [0.1, 0.15) is 21.8 Å². The van der Waals surface area contributed by atoms with E-state index in [1.165, 1.54) is 23.5 Å². The van der Waals surface area contributed by atoms with Crippen LogP contribution in [0.25, 0.3) is 0 Å². The fraction of sp³-hybridized carbons (Fsp3) is 0.375. The molecule has 25 heavy (non-hydrogen) atoms. The van der Waals surface area contributed by atoms with Gasteiger partial charge in [-0.05, 0) is 30.5 Å².